The van der Waals surface area contributed by atoms with Crippen LogP contribution in [-0.4, -0.2) is 21.6 Å². The maximum Gasteiger partial charge on any atom is 0.330 e. The van der Waals surface area contributed by atoms with Crippen LogP contribution in [0.25, 0.3) is 22.2 Å². The zero-order valence-electron chi connectivity index (χ0n) is 15.4. The number of fused-ring (bicyclic) bond motifs is 1. The highest BCUT2D eigenvalue weighted by atomic mass is 16.5. The maximum absolute atomic E-state index is 12.6. The molecule has 6 heteroatoms. The molecule has 0 radical (unpaired) electrons. The lowest BCUT2D eigenvalue weighted by molar-refractivity contribution is 0.415. The molecule has 0 aliphatic carbocycles. The first kappa shape index (κ1) is 17.7. The average Bonchev–Trinajstić information content (AvgIpc) is 2.74. The standard InChI is InChI=1S/C22H19N3O3/c1-28-17-9-5-8-16(14-17)18-10-12-23-20-19(18)21(26)24-22(27)25(20)13-11-15-6-3-2-4-7-15/h2-10,12,14H,11,13H2,1H3,(H,24,26,27). The average molecular weight is 373 g/mol. The summed E-state index contributed by atoms with van der Waals surface area (Å²) in [5, 5.41) is 0.392. The first-order valence-corrected chi connectivity index (χ1v) is 8.97. The Hall–Kier alpha value is -3.67. The van der Waals surface area contributed by atoms with Gasteiger partial charge in [0.05, 0.1) is 12.5 Å². The van der Waals surface area contributed by atoms with E-state index in [1.54, 1.807) is 19.4 Å². The molecule has 0 unspecified atom stereocenters. The molecule has 6 nitrogen and oxygen atoms in total. The number of ether oxygens (including phenoxy) is 1. The predicted molar refractivity (Wildman–Crippen MR) is 109 cm³/mol. The zero-order chi connectivity index (χ0) is 19.5. The third kappa shape index (κ3) is 3.32. The van der Waals surface area contributed by atoms with Crippen molar-refractivity contribution in [3.8, 4) is 16.9 Å². The highest BCUT2D eigenvalue weighted by Crippen LogP contribution is 2.27. The number of aromatic nitrogens is 3. The van der Waals surface area contributed by atoms with Gasteiger partial charge in [-0.15, -0.1) is 0 Å². The number of rotatable bonds is 5. The normalized spacial score (nSPS) is 10.9. The molecular weight excluding hydrogens is 354 g/mol. The second-order valence-electron chi connectivity index (χ2n) is 6.44. The summed E-state index contributed by atoms with van der Waals surface area (Å²) < 4.78 is 6.81. The Morgan fingerprint density at radius 3 is 2.64 bits per heavy atom. The lowest BCUT2D eigenvalue weighted by Gasteiger charge is -2.12. The van der Waals surface area contributed by atoms with Gasteiger partial charge in [0, 0.05) is 12.7 Å². The quantitative estimate of drug-likeness (QED) is 0.583. The Kier molecular flexibility index (Phi) is 4.76. The van der Waals surface area contributed by atoms with E-state index in [1.165, 1.54) is 4.57 Å². The van der Waals surface area contributed by atoms with Crippen molar-refractivity contribution in [1.29, 1.82) is 0 Å². The van der Waals surface area contributed by atoms with Crippen LogP contribution in [0.2, 0.25) is 0 Å². The van der Waals surface area contributed by atoms with Gasteiger partial charge in [0.15, 0.2) is 0 Å². The summed E-state index contributed by atoms with van der Waals surface area (Å²) in [6.45, 7) is 0.421. The number of nitrogens with zero attached hydrogens (tertiary/aromatic N) is 2. The molecule has 0 spiro atoms. The number of hydrogen-bond donors (Lipinski definition) is 1. The summed E-state index contributed by atoms with van der Waals surface area (Å²) in [5.41, 5.74) is 2.12. The topological polar surface area (TPSA) is 77.0 Å². The van der Waals surface area contributed by atoms with Crippen LogP contribution in [0.5, 0.6) is 5.75 Å². The van der Waals surface area contributed by atoms with Crippen LogP contribution < -0.4 is 16.0 Å². The number of methoxy groups -OCH3 is 1. The Balaban J connectivity index is 1.86. The minimum absolute atomic E-state index is 0.380. The second kappa shape index (κ2) is 7.52. The zero-order valence-corrected chi connectivity index (χ0v) is 15.4. The largest absolute Gasteiger partial charge is 0.497 e. The highest BCUT2D eigenvalue weighted by Gasteiger charge is 2.14. The van der Waals surface area contributed by atoms with Crippen molar-refractivity contribution < 1.29 is 4.74 Å². The first-order valence-electron chi connectivity index (χ1n) is 8.97. The molecule has 2 heterocycles. The van der Waals surface area contributed by atoms with Gasteiger partial charge in [-0.25, -0.2) is 9.78 Å². The minimum atomic E-state index is -0.455. The van der Waals surface area contributed by atoms with Crippen LogP contribution in [0, 0.1) is 0 Å². The summed E-state index contributed by atoms with van der Waals surface area (Å²) in [6.07, 6.45) is 2.28. The van der Waals surface area contributed by atoms with E-state index in [2.05, 4.69) is 9.97 Å². The number of aryl methyl sites for hydroxylation is 2. The van der Waals surface area contributed by atoms with Gasteiger partial charge in [-0.05, 0) is 41.3 Å². The molecule has 28 heavy (non-hydrogen) atoms. The molecule has 0 saturated carbocycles. The van der Waals surface area contributed by atoms with Crippen molar-refractivity contribution in [2.24, 2.45) is 0 Å². The smallest absolute Gasteiger partial charge is 0.330 e. The van der Waals surface area contributed by atoms with E-state index in [4.69, 9.17) is 4.74 Å². The van der Waals surface area contributed by atoms with Crippen molar-refractivity contribution in [3.05, 3.63) is 93.3 Å². The fraction of sp³-hybridized carbons (Fsp3) is 0.136. The van der Waals surface area contributed by atoms with Crippen molar-refractivity contribution in [1.82, 2.24) is 14.5 Å². The van der Waals surface area contributed by atoms with Crippen LogP contribution in [0.1, 0.15) is 5.56 Å². The van der Waals surface area contributed by atoms with Gasteiger partial charge >= 0.3 is 5.69 Å². The molecule has 0 aliphatic rings. The van der Waals surface area contributed by atoms with Crippen molar-refractivity contribution >= 4 is 11.0 Å². The number of hydrogen-bond acceptors (Lipinski definition) is 4. The summed E-state index contributed by atoms with van der Waals surface area (Å²) in [4.78, 5) is 31.9. The third-order valence-electron chi connectivity index (χ3n) is 4.73. The lowest BCUT2D eigenvalue weighted by Crippen LogP contribution is -2.31. The molecule has 0 bridgehead atoms. The van der Waals surface area contributed by atoms with E-state index in [0.29, 0.717) is 35.3 Å². The van der Waals surface area contributed by atoms with E-state index < -0.39 is 11.2 Å². The van der Waals surface area contributed by atoms with Crippen molar-refractivity contribution in [3.63, 3.8) is 0 Å². The molecule has 2 aromatic carbocycles. The number of H-pyrrole nitrogens is 1. The van der Waals surface area contributed by atoms with E-state index >= 15 is 0 Å². The number of nitrogens with one attached hydrogen (secondary N) is 1. The maximum atomic E-state index is 12.6. The summed E-state index contributed by atoms with van der Waals surface area (Å²) >= 11 is 0. The van der Waals surface area contributed by atoms with E-state index in [-0.39, 0.29) is 0 Å². The van der Waals surface area contributed by atoms with Gasteiger partial charge in [-0.1, -0.05) is 42.5 Å². The minimum Gasteiger partial charge on any atom is -0.497 e. The molecule has 0 atom stereocenters. The summed E-state index contributed by atoms with van der Waals surface area (Å²) in [7, 11) is 1.60. The molecule has 0 saturated heterocycles. The molecule has 2 aromatic heterocycles. The predicted octanol–water partition coefficient (Wildman–Crippen LogP) is 3.00. The van der Waals surface area contributed by atoms with Gasteiger partial charge in [0.25, 0.3) is 5.56 Å². The SMILES string of the molecule is COc1cccc(-c2ccnc3c2c(=O)[nH]c(=O)n3CCc2ccccc2)c1. The van der Waals surface area contributed by atoms with Crippen LogP contribution in [0.4, 0.5) is 0 Å². The van der Waals surface area contributed by atoms with Gasteiger partial charge in [-0.3, -0.25) is 14.3 Å². The number of aromatic amines is 1. The van der Waals surface area contributed by atoms with Gasteiger partial charge in [0.1, 0.15) is 11.4 Å². The molecule has 0 fully saturated rings. The summed E-state index contributed by atoms with van der Waals surface area (Å²) in [6, 6.07) is 19.1. The van der Waals surface area contributed by atoms with E-state index in [1.807, 2.05) is 54.6 Å². The van der Waals surface area contributed by atoms with Crippen LogP contribution >= 0.6 is 0 Å². The van der Waals surface area contributed by atoms with Gasteiger partial charge < -0.3 is 4.74 Å². The van der Waals surface area contributed by atoms with Gasteiger partial charge in [-0.2, -0.15) is 0 Å². The molecule has 0 aliphatic heterocycles. The van der Waals surface area contributed by atoms with E-state index in [0.717, 1.165) is 11.1 Å². The fourth-order valence-electron chi connectivity index (χ4n) is 3.33. The number of pyridine rings is 1. The molecule has 4 rings (SSSR count). The monoisotopic (exact) mass is 373 g/mol. The second-order valence-corrected chi connectivity index (χ2v) is 6.44. The summed E-state index contributed by atoms with van der Waals surface area (Å²) in [5.74, 6) is 0.691. The van der Waals surface area contributed by atoms with Crippen LogP contribution in [0.3, 0.4) is 0 Å². The first-order chi connectivity index (χ1) is 13.7. The highest BCUT2D eigenvalue weighted by molar-refractivity contribution is 5.92. The Labute approximate surface area is 161 Å². The lowest BCUT2D eigenvalue weighted by atomic mass is 10.0. The van der Waals surface area contributed by atoms with E-state index in [9.17, 15) is 9.59 Å². The van der Waals surface area contributed by atoms with Crippen LogP contribution in [-0.2, 0) is 13.0 Å². The molecule has 0 amide bonds. The van der Waals surface area contributed by atoms with Crippen LogP contribution in [0.15, 0.2) is 76.4 Å². The third-order valence-corrected chi connectivity index (χ3v) is 4.73. The fourth-order valence-corrected chi connectivity index (χ4v) is 3.33. The van der Waals surface area contributed by atoms with Crippen molar-refractivity contribution in [2.45, 2.75) is 13.0 Å². The molecule has 140 valence electrons. The Morgan fingerprint density at radius 2 is 1.86 bits per heavy atom. The Bertz CT molecular complexity index is 1240. The Morgan fingerprint density at radius 1 is 1.04 bits per heavy atom. The number of benzene rings is 2. The molecule has 4 aromatic rings. The molecule has 1 N–H and O–H groups in total. The molecular formula is C22H19N3O3. The van der Waals surface area contributed by atoms with Crippen molar-refractivity contribution in [2.75, 3.05) is 7.11 Å². The van der Waals surface area contributed by atoms with Gasteiger partial charge in [0.2, 0.25) is 0 Å².